The highest BCUT2D eigenvalue weighted by molar-refractivity contribution is 5.87. The second kappa shape index (κ2) is 4.98. The highest BCUT2D eigenvalue weighted by atomic mass is 16.5. The molecule has 0 saturated heterocycles. The summed E-state index contributed by atoms with van der Waals surface area (Å²) in [6.07, 6.45) is 1.01. The van der Waals surface area contributed by atoms with Crippen LogP contribution in [-0.4, -0.2) is 5.91 Å². The van der Waals surface area contributed by atoms with Crippen molar-refractivity contribution in [3.05, 3.63) is 78.0 Å². The van der Waals surface area contributed by atoms with Crippen molar-refractivity contribution in [3.63, 3.8) is 0 Å². The van der Waals surface area contributed by atoms with Crippen LogP contribution < -0.4 is 5.32 Å². The molecule has 0 aliphatic carbocycles. The topological polar surface area (TPSA) is 38.3 Å². The van der Waals surface area contributed by atoms with Gasteiger partial charge in [0.1, 0.15) is 5.76 Å². The van der Waals surface area contributed by atoms with Crippen molar-refractivity contribution in [1.82, 2.24) is 5.32 Å². The van der Waals surface area contributed by atoms with Crippen LogP contribution >= 0.6 is 0 Å². The van der Waals surface area contributed by atoms with Crippen molar-refractivity contribution < 1.29 is 9.53 Å². The smallest absolute Gasteiger partial charge is 0.269 e. The van der Waals surface area contributed by atoms with E-state index in [1.807, 2.05) is 60.7 Å². The Morgan fingerprint density at radius 3 is 2.21 bits per heavy atom. The third-order valence-corrected chi connectivity index (χ3v) is 2.99. The van der Waals surface area contributed by atoms with Crippen molar-refractivity contribution in [2.75, 3.05) is 0 Å². The number of ether oxygens (including phenoxy) is 1. The Hall–Kier alpha value is -2.55. The molecule has 0 radical (unpaired) electrons. The molecule has 1 aliphatic rings. The predicted octanol–water partition coefficient (Wildman–Crippen LogP) is 2.87. The summed E-state index contributed by atoms with van der Waals surface area (Å²) in [5, 5.41) is 2.75. The molecule has 0 spiro atoms. The molecule has 0 bridgehead atoms. The molecular weight excluding hydrogens is 238 g/mol. The van der Waals surface area contributed by atoms with Crippen molar-refractivity contribution >= 4 is 11.7 Å². The zero-order valence-electron chi connectivity index (χ0n) is 10.2. The maximum Gasteiger partial charge on any atom is 0.269 e. The number of hydrogen-bond donors (Lipinski definition) is 1. The van der Waals surface area contributed by atoms with Crippen LogP contribution in [0.15, 0.2) is 66.9 Å². The minimum absolute atomic E-state index is 0.147. The molecule has 1 heterocycles. The molecule has 3 heteroatoms. The zero-order chi connectivity index (χ0) is 13.1. The maximum atomic E-state index is 11.9. The highest BCUT2D eigenvalue weighted by Gasteiger charge is 2.26. The Morgan fingerprint density at radius 2 is 1.53 bits per heavy atom. The van der Waals surface area contributed by atoms with Gasteiger partial charge in [0.2, 0.25) is 6.10 Å². The summed E-state index contributed by atoms with van der Waals surface area (Å²) in [6.45, 7) is 0. The van der Waals surface area contributed by atoms with Gasteiger partial charge in [-0.2, -0.15) is 0 Å². The van der Waals surface area contributed by atoms with Crippen molar-refractivity contribution in [1.29, 1.82) is 0 Å². The maximum absolute atomic E-state index is 11.9. The largest absolute Gasteiger partial charge is 0.474 e. The summed E-state index contributed by atoms with van der Waals surface area (Å²) in [7, 11) is 0. The number of amides is 1. The first-order valence-corrected chi connectivity index (χ1v) is 6.12. The molecule has 1 N–H and O–H groups in total. The van der Waals surface area contributed by atoms with Gasteiger partial charge in [-0.05, 0) is 0 Å². The number of nitrogens with one attached hydrogen (secondary N) is 1. The van der Waals surface area contributed by atoms with Crippen LogP contribution in [0.1, 0.15) is 17.2 Å². The van der Waals surface area contributed by atoms with Crippen molar-refractivity contribution in [3.8, 4) is 0 Å². The molecule has 0 saturated carbocycles. The molecular formula is C16H13NO2. The molecule has 3 rings (SSSR count). The number of carbonyl (C=O) groups excluding carboxylic acids is 1. The summed E-state index contributed by atoms with van der Waals surface area (Å²) in [4.78, 5) is 11.9. The van der Waals surface area contributed by atoms with Gasteiger partial charge in [-0.25, -0.2) is 0 Å². The number of hydrogen-bond acceptors (Lipinski definition) is 2. The van der Waals surface area contributed by atoms with Crippen LogP contribution in [0.5, 0.6) is 0 Å². The zero-order valence-corrected chi connectivity index (χ0v) is 10.2. The van der Waals surface area contributed by atoms with Gasteiger partial charge in [0.25, 0.3) is 5.91 Å². The summed E-state index contributed by atoms with van der Waals surface area (Å²) >= 11 is 0. The van der Waals surface area contributed by atoms with E-state index in [4.69, 9.17) is 4.74 Å². The minimum atomic E-state index is -0.596. The Morgan fingerprint density at radius 1 is 0.895 bits per heavy atom. The van der Waals surface area contributed by atoms with E-state index in [0.29, 0.717) is 5.76 Å². The van der Waals surface area contributed by atoms with E-state index in [9.17, 15) is 4.79 Å². The van der Waals surface area contributed by atoms with Gasteiger partial charge in [-0.15, -0.1) is 0 Å². The Labute approximate surface area is 111 Å². The normalized spacial score (nSPS) is 18.2. The summed E-state index contributed by atoms with van der Waals surface area (Å²) in [5.74, 6) is 0.528. The molecule has 0 aromatic heterocycles. The second-order valence-corrected chi connectivity index (χ2v) is 4.29. The van der Waals surface area contributed by atoms with Gasteiger partial charge in [-0.1, -0.05) is 60.7 Å². The fourth-order valence-electron chi connectivity index (χ4n) is 2.03. The summed E-state index contributed by atoms with van der Waals surface area (Å²) in [6, 6.07) is 19.2. The van der Waals surface area contributed by atoms with E-state index < -0.39 is 6.10 Å². The van der Waals surface area contributed by atoms with E-state index in [0.717, 1.165) is 11.1 Å². The third kappa shape index (κ3) is 2.36. The average molecular weight is 251 g/mol. The number of benzene rings is 2. The van der Waals surface area contributed by atoms with E-state index in [1.165, 1.54) is 0 Å². The Kier molecular flexibility index (Phi) is 3.02. The molecule has 19 heavy (non-hydrogen) atoms. The highest BCUT2D eigenvalue weighted by Crippen LogP contribution is 2.28. The summed E-state index contributed by atoms with van der Waals surface area (Å²) < 4.78 is 5.82. The molecule has 1 amide bonds. The minimum Gasteiger partial charge on any atom is -0.474 e. The fraction of sp³-hybridized carbons (Fsp3) is 0.0625. The van der Waals surface area contributed by atoms with Crippen molar-refractivity contribution in [2.45, 2.75) is 6.10 Å². The lowest BCUT2D eigenvalue weighted by molar-refractivity contribution is -0.129. The van der Waals surface area contributed by atoms with Gasteiger partial charge in [0, 0.05) is 17.3 Å². The molecule has 3 nitrogen and oxygen atoms in total. The lowest BCUT2D eigenvalue weighted by Crippen LogP contribution is -2.31. The SMILES string of the molecule is O=C1NC=C(c2ccccc2)OC1c1ccccc1. The predicted molar refractivity (Wildman–Crippen MR) is 72.8 cm³/mol. The second-order valence-electron chi connectivity index (χ2n) is 4.29. The van der Waals surface area contributed by atoms with Crippen LogP contribution in [0.25, 0.3) is 5.76 Å². The van der Waals surface area contributed by atoms with Crippen LogP contribution in [0.4, 0.5) is 0 Å². The van der Waals surface area contributed by atoms with Crippen LogP contribution in [0.2, 0.25) is 0 Å². The first-order valence-electron chi connectivity index (χ1n) is 6.12. The molecule has 0 fully saturated rings. The van der Waals surface area contributed by atoms with E-state index in [1.54, 1.807) is 6.20 Å². The molecule has 2 aromatic carbocycles. The molecule has 1 unspecified atom stereocenters. The quantitative estimate of drug-likeness (QED) is 0.891. The molecule has 2 aromatic rings. The Bertz CT molecular complexity index is 605. The first kappa shape index (κ1) is 11.5. The van der Waals surface area contributed by atoms with Gasteiger partial charge < -0.3 is 10.1 Å². The average Bonchev–Trinajstić information content (AvgIpc) is 2.49. The van der Waals surface area contributed by atoms with E-state index in [-0.39, 0.29) is 5.91 Å². The summed E-state index contributed by atoms with van der Waals surface area (Å²) in [5.41, 5.74) is 1.80. The van der Waals surface area contributed by atoms with E-state index >= 15 is 0 Å². The lowest BCUT2D eigenvalue weighted by atomic mass is 10.1. The standard InChI is InChI=1S/C16H13NO2/c18-16-15(13-9-5-2-6-10-13)19-14(11-17-16)12-7-3-1-4-8-12/h1-11,15H,(H,17,18). The number of carbonyl (C=O) groups is 1. The lowest BCUT2D eigenvalue weighted by Gasteiger charge is -2.24. The fourth-order valence-corrected chi connectivity index (χ4v) is 2.03. The van der Waals surface area contributed by atoms with Gasteiger partial charge in [-0.3, -0.25) is 4.79 Å². The molecule has 1 atom stereocenters. The van der Waals surface area contributed by atoms with E-state index in [2.05, 4.69) is 5.32 Å². The van der Waals surface area contributed by atoms with Gasteiger partial charge in [0.15, 0.2) is 0 Å². The first-order chi connectivity index (χ1) is 9.34. The van der Waals surface area contributed by atoms with Gasteiger partial charge in [0.05, 0.1) is 0 Å². The van der Waals surface area contributed by atoms with Crippen molar-refractivity contribution in [2.24, 2.45) is 0 Å². The third-order valence-electron chi connectivity index (χ3n) is 2.99. The van der Waals surface area contributed by atoms with Gasteiger partial charge >= 0.3 is 0 Å². The van der Waals surface area contributed by atoms with Crippen LogP contribution in [0, 0.1) is 0 Å². The molecule has 1 aliphatic heterocycles. The van der Waals surface area contributed by atoms with Crippen LogP contribution in [0.3, 0.4) is 0 Å². The number of rotatable bonds is 2. The Balaban J connectivity index is 1.90. The molecule has 94 valence electrons. The monoisotopic (exact) mass is 251 g/mol. The van der Waals surface area contributed by atoms with Crippen LogP contribution in [-0.2, 0) is 9.53 Å².